The smallest absolute Gasteiger partial charge is 0.163 e. The third-order valence-electron chi connectivity index (χ3n) is 9.05. The summed E-state index contributed by atoms with van der Waals surface area (Å²) in [4.78, 5) is 14.6. The molecule has 0 unspecified atom stereocenters. The Labute approximate surface area is 267 Å². The van der Waals surface area contributed by atoms with Crippen LogP contribution in [0.2, 0.25) is 0 Å². The minimum absolute atomic E-state index is 0.663. The number of aromatic nitrogens is 4. The standard InChI is InChI=1S/C41H24N4S/c1-2-11-25(12-3-1)37-32-17-10-24-42-41(32)44-40(43-37)26-20-22-27(23-21-26)45-33-18-8-6-15-30(33)36-38(45)29-14-5-4-13-28(29)35-31-16-7-9-19-34(31)46-39(35)36/h1-24H. The van der Waals surface area contributed by atoms with Crippen molar-refractivity contribution in [2.75, 3.05) is 0 Å². The van der Waals surface area contributed by atoms with E-state index in [4.69, 9.17) is 9.97 Å². The molecule has 0 atom stereocenters. The lowest BCUT2D eigenvalue weighted by atomic mass is 10.00. The number of nitrogens with zero attached hydrogens (tertiary/aromatic N) is 4. The molecule has 0 aliphatic heterocycles. The van der Waals surface area contributed by atoms with Gasteiger partial charge < -0.3 is 4.57 Å². The molecule has 4 nitrogen and oxygen atoms in total. The van der Waals surface area contributed by atoms with Crippen LogP contribution >= 0.6 is 11.3 Å². The molecular formula is C41H24N4S. The second kappa shape index (κ2) is 9.80. The van der Waals surface area contributed by atoms with Crippen molar-refractivity contribution in [3.05, 3.63) is 146 Å². The second-order valence-corrected chi connectivity index (χ2v) is 12.7. The number of hydrogen-bond donors (Lipinski definition) is 0. The Balaban J connectivity index is 1.23. The van der Waals surface area contributed by atoms with Crippen molar-refractivity contribution in [3.63, 3.8) is 0 Å². The van der Waals surface area contributed by atoms with Gasteiger partial charge in [0.25, 0.3) is 0 Å². The van der Waals surface area contributed by atoms with Gasteiger partial charge >= 0.3 is 0 Å². The van der Waals surface area contributed by atoms with Crippen molar-refractivity contribution in [1.29, 1.82) is 0 Å². The number of para-hydroxylation sites is 1. The highest BCUT2D eigenvalue weighted by atomic mass is 32.1. The number of thiophene rings is 1. The van der Waals surface area contributed by atoms with Crippen molar-refractivity contribution in [2.24, 2.45) is 0 Å². The Morgan fingerprint density at radius 2 is 1.20 bits per heavy atom. The van der Waals surface area contributed by atoms with E-state index < -0.39 is 0 Å². The first kappa shape index (κ1) is 25.4. The number of rotatable bonds is 3. The fourth-order valence-corrected chi connectivity index (χ4v) is 8.33. The van der Waals surface area contributed by atoms with E-state index in [1.54, 1.807) is 6.20 Å². The monoisotopic (exact) mass is 604 g/mol. The van der Waals surface area contributed by atoms with Crippen LogP contribution in [0, 0.1) is 0 Å². The third-order valence-corrected chi connectivity index (χ3v) is 10.2. The minimum Gasteiger partial charge on any atom is -0.309 e. The van der Waals surface area contributed by atoms with Crippen LogP contribution in [-0.4, -0.2) is 19.5 Å². The molecule has 0 radical (unpaired) electrons. The van der Waals surface area contributed by atoms with E-state index in [2.05, 4.69) is 119 Å². The second-order valence-electron chi connectivity index (χ2n) is 11.6. The molecule has 10 rings (SSSR count). The minimum atomic E-state index is 0.663. The Kier molecular flexibility index (Phi) is 5.41. The van der Waals surface area contributed by atoms with Gasteiger partial charge in [0.2, 0.25) is 0 Å². The van der Waals surface area contributed by atoms with Gasteiger partial charge in [-0.3, -0.25) is 0 Å². The predicted molar refractivity (Wildman–Crippen MR) is 193 cm³/mol. The summed E-state index contributed by atoms with van der Waals surface area (Å²) in [5, 5.41) is 8.73. The Bertz CT molecular complexity index is 2790. The zero-order valence-electron chi connectivity index (χ0n) is 24.6. The molecule has 6 aromatic carbocycles. The highest BCUT2D eigenvalue weighted by molar-refractivity contribution is 7.27. The van der Waals surface area contributed by atoms with Gasteiger partial charge in [0.15, 0.2) is 11.5 Å². The summed E-state index contributed by atoms with van der Waals surface area (Å²) in [6.07, 6.45) is 1.79. The lowest BCUT2D eigenvalue weighted by molar-refractivity contribution is 1.17. The summed E-state index contributed by atoms with van der Waals surface area (Å²) in [5.41, 5.74) is 7.11. The lowest BCUT2D eigenvalue weighted by Gasteiger charge is -2.12. The topological polar surface area (TPSA) is 43.6 Å². The molecule has 214 valence electrons. The van der Waals surface area contributed by atoms with E-state index >= 15 is 0 Å². The highest BCUT2D eigenvalue weighted by Crippen LogP contribution is 2.47. The quantitative estimate of drug-likeness (QED) is 0.201. The predicted octanol–water partition coefficient (Wildman–Crippen LogP) is 11.0. The molecule has 0 amide bonds. The Morgan fingerprint density at radius 1 is 0.500 bits per heavy atom. The average molecular weight is 605 g/mol. The number of pyridine rings is 1. The SMILES string of the molecule is c1ccc(-c2nc(-c3ccc(-n4c5ccccc5c5c6sc7ccccc7c6c6ccccc6c54)cc3)nc3ncccc23)cc1. The Morgan fingerprint density at radius 3 is 2.04 bits per heavy atom. The van der Waals surface area contributed by atoms with E-state index in [9.17, 15) is 0 Å². The maximum Gasteiger partial charge on any atom is 0.163 e. The first-order valence-corrected chi connectivity index (χ1v) is 16.2. The van der Waals surface area contributed by atoms with Crippen LogP contribution in [0.25, 0.3) is 92.1 Å². The van der Waals surface area contributed by atoms with Gasteiger partial charge in [0.05, 0.1) is 16.7 Å². The van der Waals surface area contributed by atoms with Crippen LogP contribution in [0.5, 0.6) is 0 Å². The Hall–Kier alpha value is -5.91. The van der Waals surface area contributed by atoms with Gasteiger partial charge in [-0.05, 0) is 53.9 Å². The zero-order valence-corrected chi connectivity index (χ0v) is 25.4. The summed E-state index contributed by atoms with van der Waals surface area (Å²) < 4.78 is 5.08. The normalized spacial score (nSPS) is 11.9. The molecule has 0 N–H and O–H groups in total. The van der Waals surface area contributed by atoms with Gasteiger partial charge in [-0.25, -0.2) is 15.0 Å². The molecule has 0 bridgehead atoms. The first-order chi connectivity index (χ1) is 22.8. The van der Waals surface area contributed by atoms with Crippen LogP contribution in [0.4, 0.5) is 0 Å². The summed E-state index contributed by atoms with van der Waals surface area (Å²) in [6.45, 7) is 0. The van der Waals surface area contributed by atoms with E-state index in [0.29, 0.717) is 11.5 Å². The maximum atomic E-state index is 5.07. The van der Waals surface area contributed by atoms with Gasteiger partial charge in [-0.15, -0.1) is 11.3 Å². The fourth-order valence-electron chi connectivity index (χ4n) is 7.06. The van der Waals surface area contributed by atoms with Crippen LogP contribution in [-0.2, 0) is 0 Å². The summed E-state index contributed by atoms with van der Waals surface area (Å²) in [5.74, 6) is 0.663. The van der Waals surface area contributed by atoms with Crippen LogP contribution in [0.15, 0.2) is 146 Å². The molecule has 0 aliphatic carbocycles. The van der Waals surface area contributed by atoms with E-state index in [1.165, 1.54) is 52.8 Å². The molecule has 0 saturated heterocycles. The van der Waals surface area contributed by atoms with Crippen LogP contribution < -0.4 is 0 Å². The molecule has 0 saturated carbocycles. The van der Waals surface area contributed by atoms with Crippen LogP contribution in [0.3, 0.4) is 0 Å². The molecule has 0 spiro atoms. The van der Waals surface area contributed by atoms with Crippen molar-refractivity contribution in [2.45, 2.75) is 0 Å². The fraction of sp³-hybridized carbons (Fsp3) is 0. The molecule has 5 heteroatoms. The molecule has 0 aliphatic rings. The number of benzene rings is 6. The van der Waals surface area contributed by atoms with Crippen molar-refractivity contribution >= 4 is 75.1 Å². The van der Waals surface area contributed by atoms with Gasteiger partial charge in [-0.2, -0.15) is 0 Å². The van der Waals surface area contributed by atoms with Gasteiger partial charge in [0, 0.05) is 64.7 Å². The summed E-state index contributed by atoms with van der Waals surface area (Å²) in [7, 11) is 0. The van der Waals surface area contributed by atoms with E-state index in [-0.39, 0.29) is 0 Å². The van der Waals surface area contributed by atoms with Crippen LogP contribution in [0.1, 0.15) is 0 Å². The highest BCUT2D eigenvalue weighted by Gasteiger charge is 2.21. The third kappa shape index (κ3) is 3.63. The van der Waals surface area contributed by atoms with Crippen molar-refractivity contribution in [3.8, 4) is 28.3 Å². The average Bonchev–Trinajstić information content (AvgIpc) is 3.69. The number of hydrogen-bond acceptors (Lipinski definition) is 4. The molecule has 46 heavy (non-hydrogen) atoms. The summed E-state index contributed by atoms with van der Waals surface area (Å²) in [6, 6.07) is 49.3. The zero-order chi connectivity index (χ0) is 30.2. The molecule has 4 aromatic heterocycles. The molecular weight excluding hydrogens is 581 g/mol. The first-order valence-electron chi connectivity index (χ1n) is 15.4. The van der Waals surface area contributed by atoms with Gasteiger partial charge in [0.1, 0.15) is 0 Å². The lowest BCUT2D eigenvalue weighted by Crippen LogP contribution is -1.98. The molecule has 10 aromatic rings. The van der Waals surface area contributed by atoms with Gasteiger partial charge in [-0.1, -0.05) is 91.0 Å². The molecule has 0 fully saturated rings. The summed E-state index contributed by atoms with van der Waals surface area (Å²) >= 11 is 1.89. The maximum absolute atomic E-state index is 5.07. The van der Waals surface area contributed by atoms with Crippen molar-refractivity contribution in [1.82, 2.24) is 19.5 Å². The van der Waals surface area contributed by atoms with E-state index in [1.807, 2.05) is 41.7 Å². The van der Waals surface area contributed by atoms with Crippen molar-refractivity contribution < 1.29 is 0 Å². The number of fused-ring (bicyclic) bond motifs is 11. The van der Waals surface area contributed by atoms with E-state index in [0.717, 1.165) is 27.9 Å². The largest absolute Gasteiger partial charge is 0.309 e. The molecule has 4 heterocycles.